The molecule has 5 nitrogen and oxygen atoms in total. The molecule has 3 aromatic heterocycles. The largest absolute Gasteiger partial charge is 2.00 e. The van der Waals surface area contributed by atoms with Gasteiger partial charge in [-0.25, -0.2) is 4.98 Å². The Kier molecular flexibility index (Phi) is 10.5. The van der Waals surface area contributed by atoms with Gasteiger partial charge in [-0.15, -0.1) is 35.7 Å². The van der Waals surface area contributed by atoms with Crippen LogP contribution in [-0.2, 0) is 33.9 Å². The van der Waals surface area contributed by atoms with Crippen molar-refractivity contribution < 1.29 is 25.8 Å². The van der Waals surface area contributed by atoms with E-state index in [1.165, 1.54) is 35.8 Å². The van der Waals surface area contributed by atoms with Gasteiger partial charge in [0.15, 0.2) is 0 Å². The third-order valence-electron chi connectivity index (χ3n) is 9.21. The van der Waals surface area contributed by atoms with Crippen LogP contribution in [0.3, 0.4) is 0 Å². The Balaban J connectivity index is 0.00000417. The van der Waals surface area contributed by atoms with E-state index in [-0.39, 0.29) is 21.1 Å². The van der Waals surface area contributed by atoms with Gasteiger partial charge in [0.1, 0.15) is 5.82 Å². The van der Waals surface area contributed by atoms with E-state index in [2.05, 4.69) is 112 Å². The van der Waals surface area contributed by atoms with E-state index in [1.807, 2.05) is 41.2 Å². The Morgan fingerprint density at radius 2 is 1.61 bits per heavy atom. The molecule has 7 aromatic rings. The summed E-state index contributed by atoms with van der Waals surface area (Å²) in [6.07, 6.45) is 7.66. The zero-order valence-electron chi connectivity index (χ0n) is 28.9. The number of benzene rings is 4. The summed E-state index contributed by atoms with van der Waals surface area (Å²) in [5.74, 6) is 2.86. The van der Waals surface area contributed by atoms with Crippen molar-refractivity contribution in [1.29, 1.82) is 0 Å². The van der Waals surface area contributed by atoms with Gasteiger partial charge in [0.2, 0.25) is 0 Å². The minimum atomic E-state index is 0. The summed E-state index contributed by atoms with van der Waals surface area (Å²) < 4.78 is 10.6. The summed E-state index contributed by atoms with van der Waals surface area (Å²) in [6, 6.07) is 38.7. The maximum absolute atomic E-state index is 6.46. The summed E-state index contributed by atoms with van der Waals surface area (Å²) in [4.78, 5) is 4.81. The van der Waals surface area contributed by atoms with Gasteiger partial charge < -0.3 is 9.30 Å². The van der Waals surface area contributed by atoms with E-state index in [1.54, 1.807) is 0 Å². The van der Waals surface area contributed by atoms with E-state index >= 15 is 0 Å². The Labute approximate surface area is 304 Å². The number of fused-ring (bicyclic) bond motifs is 3. The molecule has 250 valence electrons. The molecule has 0 bridgehead atoms. The first kappa shape index (κ1) is 34.4. The molecule has 0 atom stereocenters. The van der Waals surface area contributed by atoms with Gasteiger partial charge in [-0.1, -0.05) is 81.6 Å². The third kappa shape index (κ3) is 7.14. The van der Waals surface area contributed by atoms with Gasteiger partial charge in [-0.3, -0.25) is 4.68 Å². The average Bonchev–Trinajstić information content (AvgIpc) is 3.59. The van der Waals surface area contributed by atoms with Crippen molar-refractivity contribution in [2.24, 2.45) is 5.92 Å². The number of hydrogen-bond acceptors (Lipinski definition) is 3. The van der Waals surface area contributed by atoms with Crippen molar-refractivity contribution in [2.45, 2.75) is 66.7 Å². The van der Waals surface area contributed by atoms with Crippen LogP contribution in [0.15, 0.2) is 97.2 Å². The number of rotatable bonds is 11. The van der Waals surface area contributed by atoms with Crippen molar-refractivity contribution in [3.63, 3.8) is 0 Å². The molecular formula is C43H42N4OPt. The molecule has 0 spiro atoms. The summed E-state index contributed by atoms with van der Waals surface area (Å²) in [5, 5.41) is 7.23. The Morgan fingerprint density at radius 3 is 2.41 bits per heavy atom. The van der Waals surface area contributed by atoms with Crippen LogP contribution in [0, 0.1) is 31.9 Å². The molecule has 7 rings (SSSR count). The predicted molar refractivity (Wildman–Crippen MR) is 197 cm³/mol. The molecule has 0 N–H and O–H groups in total. The Hall–Kier alpha value is -4.47. The standard InChI is InChI=1S/C43H42N4O.Pt/c1-6-32-23-24-44-42(26-32)46-40-22-19-33(14-11-10-13-29(2)3)25-39(40)38-21-20-37(28-41(38)46)48-36-18-12-17-35(27-36)47-31(5)43(30(4)45-47)34-15-8-7-9-16-34;/h7-9,12,15-26,29H,6,10-11,13-14H2,1-5H3;/q-2;+2. The van der Waals surface area contributed by atoms with Crippen molar-refractivity contribution in [2.75, 3.05) is 0 Å². The summed E-state index contributed by atoms with van der Waals surface area (Å²) in [7, 11) is 0. The molecule has 4 aromatic carbocycles. The maximum Gasteiger partial charge on any atom is 2.00 e. The molecule has 0 unspecified atom stereocenters. The van der Waals surface area contributed by atoms with Gasteiger partial charge in [-0.2, -0.15) is 17.2 Å². The van der Waals surface area contributed by atoms with Crippen LogP contribution in [0.2, 0.25) is 0 Å². The minimum absolute atomic E-state index is 0. The molecule has 0 aliphatic carbocycles. The monoisotopic (exact) mass is 825 g/mol. The molecule has 0 saturated carbocycles. The SMILES string of the molecule is CCc1ccnc(-n2c3[c-]c(Oc4[c-]c(-n5nc(C)c(-c6ccccc6)c5C)ccc4)ccc3c3cc(CCCCC(C)C)ccc32)c1.[Pt+2]. The van der Waals surface area contributed by atoms with Gasteiger partial charge >= 0.3 is 21.1 Å². The summed E-state index contributed by atoms with van der Waals surface area (Å²) >= 11 is 0. The first-order valence-corrected chi connectivity index (χ1v) is 17.2. The van der Waals surface area contributed by atoms with Crippen molar-refractivity contribution in [3.8, 4) is 34.1 Å². The van der Waals surface area contributed by atoms with Crippen LogP contribution in [0.1, 0.15) is 62.5 Å². The second-order valence-corrected chi connectivity index (χ2v) is 13.1. The predicted octanol–water partition coefficient (Wildman–Crippen LogP) is 11.0. The number of aromatic nitrogens is 4. The number of unbranched alkanes of at least 4 members (excludes halogenated alkanes) is 1. The van der Waals surface area contributed by atoms with Crippen LogP contribution >= 0.6 is 0 Å². The second kappa shape index (κ2) is 15.0. The summed E-state index contributed by atoms with van der Waals surface area (Å²) in [6.45, 7) is 10.9. The molecule has 0 saturated heterocycles. The molecular weight excluding hydrogens is 784 g/mol. The molecule has 49 heavy (non-hydrogen) atoms. The minimum Gasteiger partial charge on any atom is -0.509 e. The Morgan fingerprint density at radius 1 is 0.796 bits per heavy atom. The van der Waals surface area contributed by atoms with E-state index in [0.29, 0.717) is 11.5 Å². The van der Waals surface area contributed by atoms with Gasteiger partial charge in [0, 0.05) is 34.5 Å². The van der Waals surface area contributed by atoms with E-state index in [4.69, 9.17) is 14.8 Å². The van der Waals surface area contributed by atoms with Crippen LogP contribution in [-0.4, -0.2) is 19.3 Å². The number of aryl methyl sites for hydroxylation is 3. The molecule has 3 heterocycles. The fraction of sp³-hybridized carbons (Fsp3) is 0.256. The third-order valence-corrected chi connectivity index (χ3v) is 9.21. The van der Waals surface area contributed by atoms with E-state index in [0.717, 1.165) is 69.2 Å². The summed E-state index contributed by atoms with van der Waals surface area (Å²) in [5.41, 5.74) is 9.84. The zero-order chi connectivity index (χ0) is 33.2. The normalized spacial score (nSPS) is 11.4. The topological polar surface area (TPSA) is 44.9 Å². The number of ether oxygens (including phenoxy) is 1. The van der Waals surface area contributed by atoms with Gasteiger partial charge in [0.05, 0.1) is 5.69 Å². The van der Waals surface area contributed by atoms with E-state index in [9.17, 15) is 0 Å². The number of hydrogen-bond donors (Lipinski definition) is 0. The molecule has 0 aliphatic heterocycles. The van der Waals surface area contributed by atoms with Crippen molar-refractivity contribution in [1.82, 2.24) is 19.3 Å². The van der Waals surface area contributed by atoms with Crippen LogP contribution in [0.5, 0.6) is 11.5 Å². The first-order valence-electron chi connectivity index (χ1n) is 17.2. The van der Waals surface area contributed by atoms with Crippen LogP contribution < -0.4 is 4.74 Å². The number of pyridine rings is 1. The number of nitrogens with zero attached hydrogens (tertiary/aromatic N) is 4. The van der Waals surface area contributed by atoms with Crippen molar-refractivity contribution in [3.05, 3.63) is 132 Å². The average molecular weight is 826 g/mol. The van der Waals surface area contributed by atoms with Gasteiger partial charge in [-0.05, 0) is 85.0 Å². The van der Waals surface area contributed by atoms with E-state index < -0.39 is 0 Å². The van der Waals surface area contributed by atoms with Crippen LogP contribution in [0.4, 0.5) is 0 Å². The maximum atomic E-state index is 6.46. The smallest absolute Gasteiger partial charge is 0.509 e. The second-order valence-electron chi connectivity index (χ2n) is 13.1. The first-order chi connectivity index (χ1) is 23.4. The zero-order valence-corrected chi connectivity index (χ0v) is 31.1. The molecule has 6 heteroatoms. The quantitative estimate of drug-likeness (QED) is 0.0964. The fourth-order valence-electron chi connectivity index (χ4n) is 6.75. The van der Waals surface area contributed by atoms with Gasteiger partial charge in [0.25, 0.3) is 0 Å². The van der Waals surface area contributed by atoms with Crippen LogP contribution in [0.25, 0.3) is 44.4 Å². The van der Waals surface area contributed by atoms with Crippen molar-refractivity contribution >= 4 is 21.8 Å². The fourth-order valence-corrected chi connectivity index (χ4v) is 6.75. The molecule has 0 fully saturated rings. The molecule has 0 aliphatic rings. The Bertz CT molecular complexity index is 2210. The molecule has 0 amide bonds. The molecule has 0 radical (unpaired) electrons.